The van der Waals surface area contributed by atoms with Gasteiger partial charge in [-0.15, -0.1) is 0 Å². The van der Waals surface area contributed by atoms with Gasteiger partial charge in [-0.25, -0.2) is 0 Å². The number of nitrogens with two attached hydrogens (primary N) is 1. The van der Waals surface area contributed by atoms with E-state index < -0.39 is 17.6 Å². The van der Waals surface area contributed by atoms with Gasteiger partial charge < -0.3 is 16.2 Å². The van der Waals surface area contributed by atoms with Crippen LogP contribution in [-0.2, 0) is 9.59 Å². The number of carboxylic acid groups (broad SMARTS) is 1. The van der Waals surface area contributed by atoms with Gasteiger partial charge in [-0.3, -0.25) is 9.59 Å². The topological polar surface area (TPSA) is 92.4 Å². The normalized spacial score (nSPS) is 17.3. The molecule has 0 aliphatic heterocycles. The second-order valence-corrected chi connectivity index (χ2v) is 4.01. The summed E-state index contributed by atoms with van der Waals surface area (Å²) in [4.78, 5) is 21.7. The summed E-state index contributed by atoms with van der Waals surface area (Å²) in [6, 6.07) is -0.572. The summed E-state index contributed by atoms with van der Waals surface area (Å²) >= 11 is 0. The maximum absolute atomic E-state index is 10.9. The van der Waals surface area contributed by atoms with Crippen molar-refractivity contribution in [3.8, 4) is 0 Å². The summed E-state index contributed by atoms with van der Waals surface area (Å²) in [5.41, 5.74) is 4.19. The quantitative estimate of drug-likeness (QED) is 0.596. The molecule has 0 radical (unpaired) electrons. The van der Waals surface area contributed by atoms with Crippen LogP contribution in [-0.4, -0.2) is 28.6 Å². The van der Waals surface area contributed by atoms with Crippen LogP contribution in [0.3, 0.4) is 0 Å². The first-order chi connectivity index (χ1) is 6.19. The summed E-state index contributed by atoms with van der Waals surface area (Å²) in [6.07, 6.45) is 0. The number of rotatable bonds is 4. The van der Waals surface area contributed by atoms with Gasteiger partial charge in [-0.05, 0) is 12.8 Å². The van der Waals surface area contributed by atoms with E-state index in [2.05, 4.69) is 5.32 Å². The van der Waals surface area contributed by atoms with E-state index in [-0.39, 0.29) is 11.8 Å². The Labute approximate surface area is 83.7 Å². The molecule has 2 atom stereocenters. The fourth-order valence-electron chi connectivity index (χ4n) is 1.36. The number of amides is 1. The zero-order chi connectivity index (χ0) is 11.5. The van der Waals surface area contributed by atoms with Crippen molar-refractivity contribution in [1.29, 1.82) is 0 Å². The molecule has 2 unspecified atom stereocenters. The zero-order valence-electron chi connectivity index (χ0n) is 9.00. The van der Waals surface area contributed by atoms with Crippen molar-refractivity contribution in [3.63, 3.8) is 0 Å². The molecule has 5 heteroatoms. The molecule has 0 bridgehead atoms. The summed E-state index contributed by atoms with van der Waals surface area (Å²) < 4.78 is 0. The highest BCUT2D eigenvalue weighted by Gasteiger charge is 2.39. The van der Waals surface area contributed by atoms with Crippen molar-refractivity contribution in [3.05, 3.63) is 0 Å². The molecule has 0 aromatic rings. The van der Waals surface area contributed by atoms with Crippen LogP contribution >= 0.6 is 0 Å². The number of carboxylic acids is 1. The Morgan fingerprint density at radius 2 is 1.86 bits per heavy atom. The van der Waals surface area contributed by atoms with Crippen LogP contribution in [0.15, 0.2) is 0 Å². The van der Waals surface area contributed by atoms with E-state index in [4.69, 9.17) is 10.8 Å². The Hall–Kier alpha value is -1.10. The predicted octanol–water partition coefficient (Wildman–Crippen LogP) is -0.0509. The molecule has 0 spiro atoms. The van der Waals surface area contributed by atoms with Crippen LogP contribution < -0.4 is 11.1 Å². The van der Waals surface area contributed by atoms with E-state index >= 15 is 0 Å². The molecule has 0 rings (SSSR count). The highest BCUT2D eigenvalue weighted by molar-refractivity contribution is 5.81. The van der Waals surface area contributed by atoms with Crippen LogP contribution in [0.1, 0.15) is 27.7 Å². The third-order valence-electron chi connectivity index (χ3n) is 2.13. The molecule has 1 amide bonds. The number of aliphatic carboxylic acids is 1. The molecule has 0 saturated heterocycles. The summed E-state index contributed by atoms with van der Waals surface area (Å²) in [5.74, 6) is -1.43. The SMILES string of the molecule is CC(=O)NC(C(C)C)C(C)(N)C(=O)O. The van der Waals surface area contributed by atoms with Crippen LogP contribution in [0, 0.1) is 5.92 Å². The van der Waals surface area contributed by atoms with Gasteiger partial charge in [0, 0.05) is 6.92 Å². The Balaban J connectivity index is 4.81. The van der Waals surface area contributed by atoms with Crippen molar-refractivity contribution < 1.29 is 14.7 Å². The van der Waals surface area contributed by atoms with Gasteiger partial charge >= 0.3 is 5.97 Å². The van der Waals surface area contributed by atoms with E-state index in [9.17, 15) is 9.59 Å². The lowest BCUT2D eigenvalue weighted by atomic mass is 9.85. The molecule has 14 heavy (non-hydrogen) atoms. The largest absolute Gasteiger partial charge is 0.480 e. The Morgan fingerprint density at radius 1 is 1.43 bits per heavy atom. The molecule has 4 N–H and O–H groups in total. The maximum Gasteiger partial charge on any atom is 0.325 e. The Bertz CT molecular complexity index is 236. The molecule has 82 valence electrons. The van der Waals surface area contributed by atoms with Gasteiger partial charge in [0.2, 0.25) is 5.91 Å². The maximum atomic E-state index is 10.9. The minimum atomic E-state index is -1.44. The molecule has 0 saturated carbocycles. The van der Waals surface area contributed by atoms with E-state index in [1.165, 1.54) is 13.8 Å². The first kappa shape index (κ1) is 12.9. The molecule has 0 aliphatic carbocycles. The lowest BCUT2D eigenvalue weighted by molar-refractivity contribution is -0.144. The smallest absolute Gasteiger partial charge is 0.325 e. The fourth-order valence-corrected chi connectivity index (χ4v) is 1.36. The van der Waals surface area contributed by atoms with Crippen LogP contribution in [0.4, 0.5) is 0 Å². The van der Waals surface area contributed by atoms with E-state index in [1.807, 2.05) is 13.8 Å². The average Bonchev–Trinajstić information content (AvgIpc) is 1.98. The van der Waals surface area contributed by atoms with Crippen LogP contribution in [0.25, 0.3) is 0 Å². The van der Waals surface area contributed by atoms with Crippen molar-refractivity contribution in [2.75, 3.05) is 0 Å². The number of carbonyl (C=O) groups is 2. The summed E-state index contributed by atoms with van der Waals surface area (Å²) in [5, 5.41) is 11.5. The third kappa shape index (κ3) is 2.99. The van der Waals surface area contributed by atoms with Gasteiger partial charge in [-0.2, -0.15) is 0 Å². The van der Waals surface area contributed by atoms with Crippen LogP contribution in [0.5, 0.6) is 0 Å². The van der Waals surface area contributed by atoms with Gasteiger partial charge in [0.1, 0.15) is 5.54 Å². The Morgan fingerprint density at radius 3 is 2.07 bits per heavy atom. The standard InChI is InChI=1S/C9H18N2O3/c1-5(2)7(11-6(3)12)9(4,10)8(13)14/h5,7H,10H2,1-4H3,(H,11,12)(H,13,14). The van der Waals surface area contributed by atoms with Crippen molar-refractivity contribution >= 4 is 11.9 Å². The highest BCUT2D eigenvalue weighted by atomic mass is 16.4. The average molecular weight is 202 g/mol. The second-order valence-electron chi connectivity index (χ2n) is 4.01. The second kappa shape index (κ2) is 4.41. The minimum Gasteiger partial charge on any atom is -0.480 e. The van der Waals surface area contributed by atoms with Gasteiger partial charge in [0.05, 0.1) is 6.04 Å². The van der Waals surface area contributed by atoms with E-state index in [0.29, 0.717) is 0 Å². The van der Waals surface area contributed by atoms with Crippen molar-refractivity contribution in [2.24, 2.45) is 11.7 Å². The zero-order valence-corrected chi connectivity index (χ0v) is 9.00. The lowest BCUT2D eigenvalue weighted by Crippen LogP contribution is -2.63. The number of carbonyl (C=O) groups excluding carboxylic acids is 1. The number of hydrogen-bond donors (Lipinski definition) is 3. The van der Waals surface area contributed by atoms with Gasteiger partial charge in [0.25, 0.3) is 0 Å². The van der Waals surface area contributed by atoms with E-state index in [0.717, 1.165) is 0 Å². The fraction of sp³-hybridized carbons (Fsp3) is 0.778. The molecule has 0 aromatic heterocycles. The molecular formula is C9H18N2O3. The van der Waals surface area contributed by atoms with Crippen molar-refractivity contribution in [1.82, 2.24) is 5.32 Å². The monoisotopic (exact) mass is 202 g/mol. The van der Waals surface area contributed by atoms with Crippen molar-refractivity contribution in [2.45, 2.75) is 39.3 Å². The highest BCUT2D eigenvalue weighted by Crippen LogP contribution is 2.15. The first-order valence-corrected chi connectivity index (χ1v) is 4.49. The predicted molar refractivity (Wildman–Crippen MR) is 52.7 cm³/mol. The molecule has 0 aromatic carbocycles. The lowest BCUT2D eigenvalue weighted by Gasteiger charge is -2.33. The molecule has 0 aliphatic rings. The molecule has 0 heterocycles. The summed E-state index contributed by atoms with van der Waals surface area (Å²) in [7, 11) is 0. The minimum absolute atomic E-state index is 0.0370. The van der Waals surface area contributed by atoms with E-state index in [1.54, 1.807) is 0 Å². The number of nitrogens with one attached hydrogen (secondary N) is 1. The number of hydrogen-bond acceptors (Lipinski definition) is 3. The van der Waals surface area contributed by atoms with Gasteiger partial charge in [0.15, 0.2) is 0 Å². The third-order valence-corrected chi connectivity index (χ3v) is 2.13. The molecular weight excluding hydrogens is 184 g/mol. The van der Waals surface area contributed by atoms with Gasteiger partial charge in [-0.1, -0.05) is 13.8 Å². The first-order valence-electron chi connectivity index (χ1n) is 4.49. The molecule has 0 fully saturated rings. The molecule has 5 nitrogen and oxygen atoms in total. The summed E-state index contributed by atoms with van der Waals surface area (Å²) in [6.45, 7) is 6.37. The Kier molecular flexibility index (Phi) is 4.07. The van der Waals surface area contributed by atoms with Crippen LogP contribution in [0.2, 0.25) is 0 Å².